The van der Waals surface area contributed by atoms with Crippen LogP contribution in [0.2, 0.25) is 0 Å². The van der Waals surface area contributed by atoms with Gasteiger partial charge in [-0.1, -0.05) is 6.42 Å². The number of nitrogens with zero attached hydrogens (tertiary/aromatic N) is 1. The monoisotopic (exact) mass is 421 g/mol. The highest BCUT2D eigenvalue weighted by atomic mass is 19.4. The second kappa shape index (κ2) is 8.41. The van der Waals surface area contributed by atoms with Crippen LogP contribution in [-0.2, 0) is 6.18 Å². The molecule has 2 aliphatic rings. The number of piperidine rings is 1. The van der Waals surface area contributed by atoms with E-state index in [4.69, 9.17) is 0 Å². The van der Waals surface area contributed by atoms with Crippen molar-refractivity contribution in [2.75, 3.05) is 23.7 Å². The maximum atomic E-state index is 12.7. The summed E-state index contributed by atoms with van der Waals surface area (Å²) in [5.41, 5.74) is -1.23. The van der Waals surface area contributed by atoms with Crippen molar-refractivity contribution in [3.05, 3.63) is 50.3 Å². The highest BCUT2D eigenvalue weighted by Gasteiger charge is 2.31. The van der Waals surface area contributed by atoms with E-state index in [1.54, 1.807) is 0 Å². The lowest BCUT2D eigenvalue weighted by Gasteiger charge is -2.40. The van der Waals surface area contributed by atoms with Crippen molar-refractivity contribution in [3.8, 4) is 0 Å². The molecule has 0 amide bonds. The number of halogens is 3. The lowest BCUT2D eigenvalue weighted by atomic mass is 9.88. The van der Waals surface area contributed by atoms with Crippen LogP contribution in [0.5, 0.6) is 0 Å². The summed E-state index contributed by atoms with van der Waals surface area (Å²) in [4.78, 5) is 26.7. The van der Waals surface area contributed by atoms with Crippen LogP contribution in [0.1, 0.15) is 50.5 Å². The van der Waals surface area contributed by atoms with Crippen molar-refractivity contribution < 1.29 is 13.2 Å². The van der Waals surface area contributed by atoms with Crippen LogP contribution in [0.25, 0.3) is 0 Å². The van der Waals surface area contributed by atoms with Gasteiger partial charge in [0, 0.05) is 17.8 Å². The standard InChI is InChI=1S/C22H26F3N3O2/c23-22(24,25)14-7-9-15(10-8-14)26-18-19(21(30)20(18)29)27-16-5-4-6-17(13-16)28-11-2-1-3-12-28/h7-10,16-17,26-27H,1-6,11-13H2/t16-,17-/m1/s1. The first-order chi connectivity index (χ1) is 14.3. The minimum absolute atomic E-state index is 0.113. The Bertz CT molecular complexity index is 942. The van der Waals surface area contributed by atoms with Crippen LogP contribution in [0.4, 0.5) is 30.2 Å². The summed E-state index contributed by atoms with van der Waals surface area (Å²) in [6, 6.07) is 5.03. The van der Waals surface area contributed by atoms with Crippen LogP contribution >= 0.6 is 0 Å². The fraction of sp³-hybridized carbons (Fsp3) is 0.545. The Morgan fingerprint density at radius 3 is 2.20 bits per heavy atom. The van der Waals surface area contributed by atoms with Crippen molar-refractivity contribution in [2.24, 2.45) is 0 Å². The minimum atomic E-state index is -4.42. The van der Waals surface area contributed by atoms with Crippen molar-refractivity contribution in [1.82, 2.24) is 4.90 Å². The average Bonchev–Trinajstić information content (AvgIpc) is 2.76. The summed E-state index contributed by atoms with van der Waals surface area (Å²) >= 11 is 0. The Kier molecular flexibility index (Phi) is 5.86. The summed E-state index contributed by atoms with van der Waals surface area (Å²) in [5.74, 6) is 0. The lowest BCUT2D eigenvalue weighted by molar-refractivity contribution is -0.137. The van der Waals surface area contributed by atoms with Gasteiger partial charge < -0.3 is 15.5 Å². The minimum Gasteiger partial charge on any atom is -0.377 e. The molecule has 0 aromatic heterocycles. The normalized spacial score (nSPS) is 23.4. The Balaban J connectivity index is 1.43. The van der Waals surface area contributed by atoms with E-state index in [0.717, 1.165) is 50.9 Å². The van der Waals surface area contributed by atoms with Gasteiger partial charge in [0.2, 0.25) is 0 Å². The molecular formula is C22H26F3N3O2. The number of hydrogen-bond acceptors (Lipinski definition) is 5. The SMILES string of the molecule is O=c1c(Nc2ccc(C(F)(F)F)cc2)c(N[C@@H]2CCC[C@@H](N3CCCCC3)C2)c1=O. The zero-order valence-electron chi connectivity index (χ0n) is 16.7. The molecule has 1 aliphatic heterocycles. The van der Waals surface area contributed by atoms with E-state index in [1.165, 1.54) is 31.4 Å². The molecule has 0 unspecified atom stereocenters. The molecule has 0 radical (unpaired) electrons. The predicted octanol–water partition coefficient (Wildman–Crippen LogP) is 4.25. The highest BCUT2D eigenvalue weighted by molar-refractivity contribution is 5.79. The van der Waals surface area contributed by atoms with Crippen LogP contribution in [0.15, 0.2) is 33.9 Å². The number of nitrogens with one attached hydrogen (secondary N) is 2. The number of alkyl halides is 3. The van der Waals surface area contributed by atoms with Gasteiger partial charge in [0.15, 0.2) is 0 Å². The summed E-state index contributed by atoms with van der Waals surface area (Å²) < 4.78 is 38.2. The van der Waals surface area contributed by atoms with E-state index in [0.29, 0.717) is 11.7 Å². The molecule has 162 valence electrons. The Morgan fingerprint density at radius 1 is 0.867 bits per heavy atom. The van der Waals surface area contributed by atoms with Crippen molar-refractivity contribution in [1.29, 1.82) is 0 Å². The molecule has 2 aromatic carbocycles. The molecule has 1 saturated carbocycles. The number of rotatable bonds is 5. The van der Waals surface area contributed by atoms with Crippen molar-refractivity contribution >= 4 is 17.1 Å². The first-order valence-electron chi connectivity index (χ1n) is 10.6. The van der Waals surface area contributed by atoms with Crippen LogP contribution in [-0.4, -0.2) is 30.1 Å². The first kappa shape index (κ1) is 20.9. The molecule has 1 saturated heterocycles. The fourth-order valence-corrected chi connectivity index (χ4v) is 4.65. The number of hydrogen-bond donors (Lipinski definition) is 2. The van der Waals surface area contributed by atoms with Crippen molar-refractivity contribution in [3.63, 3.8) is 0 Å². The van der Waals surface area contributed by atoms with Crippen LogP contribution < -0.4 is 21.5 Å². The first-order valence-corrected chi connectivity index (χ1v) is 10.6. The molecule has 2 fully saturated rings. The van der Waals surface area contributed by atoms with E-state index in [2.05, 4.69) is 15.5 Å². The van der Waals surface area contributed by atoms with Gasteiger partial charge >= 0.3 is 6.18 Å². The Morgan fingerprint density at radius 2 is 1.53 bits per heavy atom. The smallest absolute Gasteiger partial charge is 0.377 e. The largest absolute Gasteiger partial charge is 0.416 e. The van der Waals surface area contributed by atoms with E-state index in [9.17, 15) is 22.8 Å². The lowest BCUT2D eigenvalue weighted by Crippen LogP contribution is -2.46. The molecule has 1 heterocycles. The number of anilines is 3. The second-order valence-corrected chi connectivity index (χ2v) is 8.37. The third kappa shape index (κ3) is 4.38. The maximum Gasteiger partial charge on any atom is 0.416 e. The van der Waals surface area contributed by atoms with Gasteiger partial charge in [-0.25, -0.2) is 0 Å². The molecule has 4 rings (SSSR count). The van der Waals surface area contributed by atoms with Gasteiger partial charge in [-0.2, -0.15) is 13.2 Å². The summed E-state index contributed by atoms with van der Waals surface area (Å²) in [6.45, 7) is 2.25. The quantitative estimate of drug-likeness (QED) is 0.707. The molecular weight excluding hydrogens is 395 g/mol. The van der Waals surface area contributed by atoms with Gasteiger partial charge in [-0.05, 0) is 75.9 Å². The molecule has 5 nitrogen and oxygen atoms in total. The van der Waals surface area contributed by atoms with Gasteiger partial charge in [0.25, 0.3) is 10.9 Å². The number of likely N-dealkylation sites (tertiary alicyclic amines) is 1. The third-order valence-electron chi connectivity index (χ3n) is 6.29. The van der Waals surface area contributed by atoms with Crippen LogP contribution in [0, 0.1) is 0 Å². The molecule has 1 aliphatic carbocycles. The average molecular weight is 421 g/mol. The topological polar surface area (TPSA) is 61.4 Å². The second-order valence-electron chi connectivity index (χ2n) is 8.37. The molecule has 2 atom stereocenters. The van der Waals surface area contributed by atoms with E-state index < -0.39 is 22.6 Å². The van der Waals surface area contributed by atoms with Crippen molar-refractivity contribution in [2.45, 2.75) is 63.2 Å². The Labute approximate surface area is 173 Å². The predicted molar refractivity (Wildman–Crippen MR) is 111 cm³/mol. The van der Waals surface area contributed by atoms with Gasteiger partial charge in [0.1, 0.15) is 11.4 Å². The molecule has 0 spiro atoms. The van der Waals surface area contributed by atoms with Gasteiger partial charge in [-0.3, -0.25) is 9.59 Å². The van der Waals surface area contributed by atoms with Gasteiger partial charge in [-0.15, -0.1) is 0 Å². The van der Waals surface area contributed by atoms with E-state index >= 15 is 0 Å². The van der Waals surface area contributed by atoms with Gasteiger partial charge in [0.05, 0.1) is 5.56 Å². The maximum absolute atomic E-state index is 12.7. The third-order valence-corrected chi connectivity index (χ3v) is 6.29. The van der Waals surface area contributed by atoms with Crippen LogP contribution in [0.3, 0.4) is 0 Å². The Hall–Kier alpha value is -2.35. The molecule has 0 bridgehead atoms. The number of benzene rings is 1. The summed E-state index contributed by atoms with van der Waals surface area (Å²) in [6.07, 6.45) is 3.41. The summed E-state index contributed by atoms with van der Waals surface area (Å²) in [5, 5.41) is 6.07. The molecule has 30 heavy (non-hydrogen) atoms. The molecule has 8 heteroatoms. The summed E-state index contributed by atoms with van der Waals surface area (Å²) in [7, 11) is 0. The highest BCUT2D eigenvalue weighted by Crippen LogP contribution is 2.32. The van der Waals surface area contributed by atoms with E-state index in [1.807, 2.05) is 0 Å². The van der Waals surface area contributed by atoms with E-state index in [-0.39, 0.29) is 17.4 Å². The fourth-order valence-electron chi connectivity index (χ4n) is 4.65. The zero-order chi connectivity index (χ0) is 21.3. The molecule has 2 N–H and O–H groups in total. The molecule has 2 aromatic rings. The zero-order valence-corrected chi connectivity index (χ0v) is 16.7.